The van der Waals surface area contributed by atoms with Gasteiger partial charge in [-0.2, -0.15) is 0 Å². The summed E-state index contributed by atoms with van der Waals surface area (Å²) in [6.45, 7) is 15.4. The van der Waals surface area contributed by atoms with E-state index >= 15 is 0 Å². The molecule has 5 N–H and O–H groups in total. The van der Waals surface area contributed by atoms with E-state index in [1.54, 1.807) is 80.5 Å². The summed E-state index contributed by atoms with van der Waals surface area (Å²) in [6.07, 6.45) is -1.43. The van der Waals surface area contributed by atoms with E-state index < -0.39 is 59.0 Å². The molecule has 4 amide bonds. The van der Waals surface area contributed by atoms with Crippen LogP contribution in [0.4, 0.5) is 4.79 Å². The van der Waals surface area contributed by atoms with Gasteiger partial charge in [0.25, 0.3) is 0 Å². The first-order chi connectivity index (χ1) is 15.7. The van der Waals surface area contributed by atoms with Crippen molar-refractivity contribution in [2.45, 2.75) is 97.5 Å². The van der Waals surface area contributed by atoms with Gasteiger partial charge in [-0.25, -0.2) is 4.79 Å². The maximum Gasteiger partial charge on any atom is 0.408 e. The number of phenolic OH excluding ortho intramolecular Hbond substituents is 1. The Kier molecular flexibility index (Phi) is 9.31. The van der Waals surface area contributed by atoms with E-state index in [1.165, 1.54) is 11.0 Å². The van der Waals surface area contributed by atoms with Crippen molar-refractivity contribution in [2.24, 2.45) is 5.73 Å². The van der Waals surface area contributed by atoms with Gasteiger partial charge in [0.05, 0.1) is 6.42 Å². The van der Waals surface area contributed by atoms with Crippen molar-refractivity contribution in [1.82, 2.24) is 15.5 Å². The number of carbonyl (C=O) groups is 4. The molecule has 196 valence electrons. The lowest BCUT2D eigenvalue weighted by atomic mass is 9.93. The maximum atomic E-state index is 13.9. The van der Waals surface area contributed by atoms with E-state index in [-0.39, 0.29) is 11.3 Å². The summed E-state index contributed by atoms with van der Waals surface area (Å²) in [5, 5.41) is 15.9. The third-order valence-corrected chi connectivity index (χ3v) is 4.59. The average Bonchev–Trinajstić information content (AvgIpc) is 2.61. The fourth-order valence-corrected chi connectivity index (χ4v) is 3.42. The lowest BCUT2D eigenvalue weighted by molar-refractivity contribution is -0.149. The molecule has 2 atom stereocenters. The molecule has 35 heavy (non-hydrogen) atoms. The first-order valence-electron chi connectivity index (χ1n) is 11.4. The van der Waals surface area contributed by atoms with Crippen LogP contribution >= 0.6 is 0 Å². The molecule has 0 saturated heterocycles. The van der Waals surface area contributed by atoms with Crippen LogP contribution < -0.4 is 16.4 Å². The van der Waals surface area contributed by atoms with Gasteiger partial charge >= 0.3 is 6.09 Å². The Hall–Kier alpha value is -3.30. The van der Waals surface area contributed by atoms with Crippen molar-refractivity contribution in [3.63, 3.8) is 0 Å². The Labute approximate surface area is 207 Å². The fourth-order valence-electron chi connectivity index (χ4n) is 3.42. The van der Waals surface area contributed by atoms with E-state index in [4.69, 9.17) is 10.5 Å². The molecular formula is C25H40N4O6. The Balaban J connectivity index is 3.63. The lowest BCUT2D eigenvalue weighted by Gasteiger charge is -2.43. The quantitative estimate of drug-likeness (QED) is 0.459. The molecule has 0 radical (unpaired) electrons. The highest BCUT2D eigenvalue weighted by Crippen LogP contribution is 2.35. The van der Waals surface area contributed by atoms with Gasteiger partial charge in [-0.05, 0) is 68.4 Å². The molecule has 1 aromatic rings. The summed E-state index contributed by atoms with van der Waals surface area (Å²) in [5.41, 5.74) is 3.09. The molecule has 0 aromatic heterocycles. The SMILES string of the molecule is CC(C)(C)NC(=O)C(c1ccccc1O)N(C(=O)C(CC(N)=O)NC(=O)OC(C)(C)C)C(C)(C)C. The molecule has 2 unspecified atom stereocenters. The zero-order valence-corrected chi connectivity index (χ0v) is 22.2. The van der Waals surface area contributed by atoms with Gasteiger partial charge in [-0.15, -0.1) is 0 Å². The number of benzene rings is 1. The van der Waals surface area contributed by atoms with E-state index in [2.05, 4.69) is 10.6 Å². The zero-order valence-electron chi connectivity index (χ0n) is 22.2. The summed E-state index contributed by atoms with van der Waals surface area (Å²) in [7, 11) is 0. The normalized spacial score (nSPS) is 13.9. The molecule has 0 aliphatic rings. The summed E-state index contributed by atoms with van der Waals surface area (Å²) in [4.78, 5) is 53.0. The van der Waals surface area contributed by atoms with Crippen molar-refractivity contribution in [2.75, 3.05) is 0 Å². The van der Waals surface area contributed by atoms with Crippen LogP contribution in [0.25, 0.3) is 0 Å². The molecule has 0 heterocycles. The van der Waals surface area contributed by atoms with Gasteiger partial charge in [0.1, 0.15) is 23.4 Å². The number of nitrogens with zero attached hydrogens (tertiary/aromatic N) is 1. The van der Waals surface area contributed by atoms with Crippen LogP contribution in [0.1, 0.15) is 80.3 Å². The third kappa shape index (κ3) is 9.46. The van der Waals surface area contributed by atoms with Crippen LogP contribution in [-0.2, 0) is 19.1 Å². The van der Waals surface area contributed by atoms with E-state index in [0.717, 1.165) is 0 Å². The molecule has 10 nitrogen and oxygen atoms in total. The van der Waals surface area contributed by atoms with Gasteiger partial charge in [0.2, 0.25) is 17.7 Å². The summed E-state index contributed by atoms with van der Waals surface area (Å²) in [5.74, 6) is -2.29. The van der Waals surface area contributed by atoms with Crippen molar-refractivity contribution < 1.29 is 29.0 Å². The number of primary amides is 1. The minimum atomic E-state index is -1.41. The topological polar surface area (TPSA) is 151 Å². The van der Waals surface area contributed by atoms with E-state index in [0.29, 0.717) is 0 Å². The minimum Gasteiger partial charge on any atom is -0.508 e. The van der Waals surface area contributed by atoms with Gasteiger partial charge < -0.3 is 31.1 Å². The standard InChI is InChI=1S/C25H40N4O6/c1-23(2,3)28-20(32)19(15-12-10-11-13-17(15)30)29(24(4,5)6)21(33)16(14-18(26)31)27-22(34)35-25(7,8)9/h10-13,16,19,30H,14H2,1-9H3,(H2,26,31)(H,27,34)(H,28,32). The summed E-state index contributed by atoms with van der Waals surface area (Å²) < 4.78 is 5.25. The van der Waals surface area contributed by atoms with Crippen molar-refractivity contribution in [3.05, 3.63) is 29.8 Å². The van der Waals surface area contributed by atoms with Gasteiger partial charge in [-0.1, -0.05) is 18.2 Å². The highest BCUT2D eigenvalue weighted by molar-refractivity contribution is 5.95. The zero-order chi connectivity index (χ0) is 27.4. The Morgan fingerprint density at radius 1 is 1.00 bits per heavy atom. The second kappa shape index (κ2) is 11.0. The number of para-hydroxylation sites is 1. The van der Waals surface area contributed by atoms with Crippen molar-refractivity contribution in [3.8, 4) is 5.75 Å². The maximum absolute atomic E-state index is 13.9. The van der Waals surface area contributed by atoms with Crippen LogP contribution in [0.2, 0.25) is 0 Å². The van der Waals surface area contributed by atoms with Crippen LogP contribution in [0.5, 0.6) is 5.75 Å². The monoisotopic (exact) mass is 492 g/mol. The second-order valence-corrected chi connectivity index (χ2v) is 11.4. The summed E-state index contributed by atoms with van der Waals surface area (Å²) >= 11 is 0. The number of nitrogens with two attached hydrogens (primary N) is 1. The fraction of sp³-hybridized carbons (Fsp3) is 0.600. The molecule has 1 aromatic carbocycles. The number of ether oxygens (including phenoxy) is 1. The molecule has 1 rings (SSSR count). The molecule has 0 saturated carbocycles. The van der Waals surface area contributed by atoms with E-state index in [1.807, 2.05) is 0 Å². The molecule has 0 spiro atoms. The Bertz CT molecular complexity index is 941. The number of carbonyl (C=O) groups excluding carboxylic acids is 4. The van der Waals surface area contributed by atoms with Gasteiger partial charge in [-0.3, -0.25) is 14.4 Å². The number of alkyl carbamates (subject to hydrolysis) is 1. The van der Waals surface area contributed by atoms with Crippen LogP contribution in [0, 0.1) is 0 Å². The number of nitrogens with one attached hydrogen (secondary N) is 2. The number of aromatic hydroxyl groups is 1. The minimum absolute atomic E-state index is 0.185. The number of rotatable bonds is 7. The Morgan fingerprint density at radius 3 is 1.97 bits per heavy atom. The predicted octanol–water partition coefficient (Wildman–Crippen LogP) is 2.74. The first-order valence-corrected chi connectivity index (χ1v) is 11.4. The van der Waals surface area contributed by atoms with E-state index in [9.17, 15) is 24.3 Å². The molecule has 0 aliphatic heterocycles. The second-order valence-electron chi connectivity index (χ2n) is 11.4. The number of hydrogen-bond donors (Lipinski definition) is 4. The predicted molar refractivity (Wildman–Crippen MR) is 132 cm³/mol. The highest BCUT2D eigenvalue weighted by Gasteiger charge is 2.43. The molecule has 0 bridgehead atoms. The third-order valence-electron chi connectivity index (χ3n) is 4.59. The highest BCUT2D eigenvalue weighted by atomic mass is 16.6. The number of amides is 4. The van der Waals surface area contributed by atoms with Crippen LogP contribution in [0.3, 0.4) is 0 Å². The molecular weight excluding hydrogens is 452 g/mol. The lowest BCUT2D eigenvalue weighted by Crippen LogP contribution is -2.60. The number of hydrogen-bond acceptors (Lipinski definition) is 6. The summed E-state index contributed by atoms with van der Waals surface area (Å²) in [6, 6.07) is 3.51. The molecule has 0 fully saturated rings. The largest absolute Gasteiger partial charge is 0.508 e. The smallest absolute Gasteiger partial charge is 0.408 e. The molecule has 10 heteroatoms. The van der Waals surface area contributed by atoms with Gasteiger partial charge in [0, 0.05) is 16.6 Å². The van der Waals surface area contributed by atoms with Gasteiger partial charge in [0.15, 0.2) is 0 Å². The Morgan fingerprint density at radius 2 is 1.54 bits per heavy atom. The average molecular weight is 493 g/mol. The van der Waals surface area contributed by atoms with Crippen LogP contribution in [0.15, 0.2) is 24.3 Å². The van der Waals surface area contributed by atoms with Crippen molar-refractivity contribution >= 4 is 23.8 Å². The van der Waals surface area contributed by atoms with Crippen molar-refractivity contribution in [1.29, 1.82) is 0 Å². The first kappa shape index (κ1) is 29.7. The number of phenols is 1. The molecule has 0 aliphatic carbocycles. The van der Waals surface area contributed by atoms with Crippen LogP contribution in [-0.4, -0.2) is 56.5 Å².